The van der Waals surface area contributed by atoms with Gasteiger partial charge in [0.25, 0.3) is 0 Å². The number of benzene rings is 2. The van der Waals surface area contributed by atoms with E-state index >= 15 is 0 Å². The molecule has 0 radical (unpaired) electrons. The SMILES string of the molecule is Cc1cccc(S(=O)(=O)NCCc2ccc(N3CCCC3)cc2)c1. The highest BCUT2D eigenvalue weighted by molar-refractivity contribution is 7.89. The summed E-state index contributed by atoms with van der Waals surface area (Å²) in [6.07, 6.45) is 3.22. The van der Waals surface area contributed by atoms with Crippen molar-refractivity contribution in [2.75, 3.05) is 24.5 Å². The van der Waals surface area contributed by atoms with Gasteiger partial charge in [0.2, 0.25) is 10.0 Å². The highest BCUT2D eigenvalue weighted by Crippen LogP contribution is 2.20. The Morgan fingerprint density at radius 1 is 1.04 bits per heavy atom. The van der Waals surface area contributed by atoms with Crippen LogP contribution >= 0.6 is 0 Å². The number of sulfonamides is 1. The largest absolute Gasteiger partial charge is 0.372 e. The lowest BCUT2D eigenvalue weighted by Gasteiger charge is -2.17. The molecule has 24 heavy (non-hydrogen) atoms. The number of aryl methyl sites for hydroxylation is 1. The molecule has 1 aliphatic rings. The van der Waals surface area contributed by atoms with Crippen LogP contribution in [0.1, 0.15) is 24.0 Å². The van der Waals surface area contributed by atoms with Crippen molar-refractivity contribution >= 4 is 15.7 Å². The van der Waals surface area contributed by atoms with Crippen LogP contribution in [0.4, 0.5) is 5.69 Å². The first-order valence-electron chi connectivity index (χ1n) is 8.45. The van der Waals surface area contributed by atoms with Crippen LogP contribution in [-0.2, 0) is 16.4 Å². The first-order chi connectivity index (χ1) is 11.5. The lowest BCUT2D eigenvalue weighted by Crippen LogP contribution is -2.26. The summed E-state index contributed by atoms with van der Waals surface area (Å²) in [7, 11) is -3.43. The monoisotopic (exact) mass is 344 g/mol. The van der Waals surface area contributed by atoms with Crippen molar-refractivity contribution in [2.24, 2.45) is 0 Å². The molecule has 0 aliphatic carbocycles. The Balaban J connectivity index is 1.56. The Hall–Kier alpha value is -1.85. The molecule has 1 N–H and O–H groups in total. The fourth-order valence-corrected chi connectivity index (χ4v) is 4.18. The van der Waals surface area contributed by atoms with Crippen LogP contribution in [-0.4, -0.2) is 28.1 Å². The van der Waals surface area contributed by atoms with Gasteiger partial charge in [0.05, 0.1) is 4.90 Å². The maximum absolute atomic E-state index is 12.3. The molecular formula is C19H24N2O2S. The van der Waals surface area contributed by atoms with Gasteiger partial charge in [0.1, 0.15) is 0 Å². The van der Waals surface area contributed by atoms with E-state index in [0.29, 0.717) is 17.9 Å². The summed E-state index contributed by atoms with van der Waals surface area (Å²) in [6, 6.07) is 15.4. The summed E-state index contributed by atoms with van der Waals surface area (Å²) in [5, 5.41) is 0. The molecule has 3 rings (SSSR count). The van der Waals surface area contributed by atoms with Crippen LogP contribution in [0.25, 0.3) is 0 Å². The summed E-state index contributed by atoms with van der Waals surface area (Å²) in [4.78, 5) is 2.72. The zero-order valence-corrected chi connectivity index (χ0v) is 14.8. The summed E-state index contributed by atoms with van der Waals surface area (Å²) in [6.45, 7) is 4.56. The molecule has 4 nitrogen and oxygen atoms in total. The van der Waals surface area contributed by atoms with Crippen LogP contribution < -0.4 is 9.62 Å². The van der Waals surface area contributed by atoms with Crippen LogP contribution in [0.2, 0.25) is 0 Å². The number of nitrogens with zero attached hydrogens (tertiary/aromatic N) is 1. The van der Waals surface area contributed by atoms with Gasteiger partial charge >= 0.3 is 0 Å². The Bertz CT molecular complexity index is 779. The molecule has 0 saturated carbocycles. The second kappa shape index (κ2) is 7.36. The molecule has 0 amide bonds. The van der Waals surface area contributed by atoms with Crippen LogP contribution in [0.5, 0.6) is 0 Å². The molecule has 0 atom stereocenters. The number of hydrogen-bond acceptors (Lipinski definition) is 3. The van der Waals surface area contributed by atoms with Crippen molar-refractivity contribution in [2.45, 2.75) is 31.1 Å². The minimum atomic E-state index is -3.43. The molecule has 0 unspecified atom stereocenters. The third-order valence-electron chi connectivity index (χ3n) is 4.41. The lowest BCUT2D eigenvalue weighted by molar-refractivity contribution is 0.581. The predicted octanol–water partition coefficient (Wildman–Crippen LogP) is 3.12. The van der Waals surface area contributed by atoms with E-state index in [0.717, 1.165) is 24.2 Å². The minimum Gasteiger partial charge on any atom is -0.372 e. The predicted molar refractivity (Wildman–Crippen MR) is 98.0 cm³/mol. The number of anilines is 1. The van der Waals surface area contributed by atoms with Crippen molar-refractivity contribution in [3.63, 3.8) is 0 Å². The summed E-state index contributed by atoms with van der Waals surface area (Å²) in [5.41, 5.74) is 3.34. The zero-order chi connectivity index (χ0) is 17.0. The Kier molecular flexibility index (Phi) is 5.21. The van der Waals surface area contributed by atoms with Crippen LogP contribution in [0.15, 0.2) is 53.4 Å². The van der Waals surface area contributed by atoms with Gasteiger partial charge in [-0.3, -0.25) is 0 Å². The van der Waals surface area contributed by atoms with E-state index in [1.807, 2.05) is 13.0 Å². The maximum Gasteiger partial charge on any atom is 0.240 e. The molecule has 2 aromatic rings. The molecular weight excluding hydrogens is 320 g/mol. The Morgan fingerprint density at radius 2 is 1.75 bits per heavy atom. The van der Waals surface area contributed by atoms with E-state index in [9.17, 15) is 8.42 Å². The number of nitrogens with one attached hydrogen (secondary N) is 1. The highest BCUT2D eigenvalue weighted by atomic mass is 32.2. The number of hydrogen-bond donors (Lipinski definition) is 1. The van der Waals surface area contributed by atoms with Gasteiger partial charge in [0.15, 0.2) is 0 Å². The van der Waals surface area contributed by atoms with Crippen LogP contribution in [0.3, 0.4) is 0 Å². The summed E-state index contributed by atoms with van der Waals surface area (Å²) in [5.74, 6) is 0. The molecule has 1 saturated heterocycles. The van der Waals surface area contributed by atoms with E-state index in [1.54, 1.807) is 18.2 Å². The summed E-state index contributed by atoms with van der Waals surface area (Å²) >= 11 is 0. The summed E-state index contributed by atoms with van der Waals surface area (Å²) < 4.78 is 27.3. The van der Waals surface area contributed by atoms with Gasteiger partial charge in [0, 0.05) is 25.3 Å². The Morgan fingerprint density at radius 3 is 2.42 bits per heavy atom. The fourth-order valence-electron chi connectivity index (χ4n) is 3.04. The van der Waals surface area contributed by atoms with Crippen molar-refractivity contribution in [1.29, 1.82) is 0 Å². The van der Waals surface area contributed by atoms with Crippen molar-refractivity contribution in [3.8, 4) is 0 Å². The van der Waals surface area contributed by atoms with Gasteiger partial charge in [-0.25, -0.2) is 13.1 Å². The van der Waals surface area contributed by atoms with E-state index < -0.39 is 10.0 Å². The molecule has 2 aromatic carbocycles. The molecule has 0 aromatic heterocycles. The zero-order valence-electron chi connectivity index (χ0n) is 14.0. The van der Waals surface area contributed by atoms with Crippen molar-refractivity contribution < 1.29 is 8.42 Å². The van der Waals surface area contributed by atoms with E-state index in [-0.39, 0.29) is 0 Å². The van der Waals surface area contributed by atoms with E-state index in [4.69, 9.17) is 0 Å². The fraction of sp³-hybridized carbons (Fsp3) is 0.368. The van der Waals surface area contributed by atoms with E-state index in [1.165, 1.54) is 18.5 Å². The normalized spacial score (nSPS) is 15.0. The second-order valence-electron chi connectivity index (χ2n) is 6.32. The van der Waals surface area contributed by atoms with Crippen molar-refractivity contribution in [1.82, 2.24) is 4.72 Å². The molecule has 0 bridgehead atoms. The third-order valence-corrected chi connectivity index (χ3v) is 5.87. The molecule has 5 heteroatoms. The van der Waals surface area contributed by atoms with Crippen molar-refractivity contribution in [3.05, 3.63) is 59.7 Å². The molecule has 0 spiro atoms. The lowest BCUT2D eigenvalue weighted by atomic mass is 10.1. The second-order valence-corrected chi connectivity index (χ2v) is 8.09. The van der Waals surface area contributed by atoms with Gasteiger partial charge in [-0.15, -0.1) is 0 Å². The topological polar surface area (TPSA) is 49.4 Å². The standard InChI is InChI=1S/C19H24N2O2S/c1-16-5-4-6-19(15-16)24(22,23)20-12-11-17-7-9-18(10-8-17)21-13-2-3-14-21/h4-10,15,20H,2-3,11-14H2,1H3. The molecule has 1 heterocycles. The first kappa shape index (κ1) is 17.0. The molecule has 1 aliphatic heterocycles. The average Bonchev–Trinajstić information content (AvgIpc) is 3.10. The number of rotatable bonds is 6. The quantitative estimate of drug-likeness (QED) is 0.876. The average molecular weight is 344 g/mol. The smallest absolute Gasteiger partial charge is 0.240 e. The molecule has 128 valence electrons. The van der Waals surface area contributed by atoms with Gasteiger partial charge in [-0.1, -0.05) is 24.3 Å². The van der Waals surface area contributed by atoms with Gasteiger partial charge in [-0.2, -0.15) is 0 Å². The molecule has 1 fully saturated rings. The van der Waals surface area contributed by atoms with Gasteiger partial charge in [-0.05, 0) is 61.6 Å². The minimum absolute atomic E-state index is 0.326. The third kappa shape index (κ3) is 4.16. The van der Waals surface area contributed by atoms with E-state index in [2.05, 4.69) is 33.9 Å². The highest BCUT2D eigenvalue weighted by Gasteiger charge is 2.14. The first-order valence-corrected chi connectivity index (χ1v) is 9.93. The Labute approximate surface area is 144 Å². The maximum atomic E-state index is 12.3. The van der Waals surface area contributed by atoms with Gasteiger partial charge < -0.3 is 4.90 Å². The van der Waals surface area contributed by atoms with Crippen LogP contribution in [0, 0.1) is 6.92 Å².